The Morgan fingerprint density at radius 1 is 1.03 bits per heavy atom. The second-order valence-corrected chi connectivity index (χ2v) is 8.12. The maximum absolute atomic E-state index is 13.4. The monoisotopic (exact) mass is 463 g/mol. The number of carbonyl (C=O) groups is 1. The first-order valence-electron chi connectivity index (χ1n) is 11.3. The van der Waals surface area contributed by atoms with Crippen molar-refractivity contribution < 1.29 is 19.0 Å². The number of hydrogen-bond donors (Lipinski definition) is 0. The van der Waals surface area contributed by atoms with Gasteiger partial charge in [0.1, 0.15) is 11.8 Å². The van der Waals surface area contributed by atoms with E-state index >= 15 is 0 Å². The van der Waals surface area contributed by atoms with Crippen molar-refractivity contribution in [1.29, 1.82) is 0 Å². The molecule has 0 saturated heterocycles. The number of aromatic nitrogens is 2. The maximum Gasteiger partial charge on any atom is 0.267 e. The highest BCUT2D eigenvalue weighted by atomic mass is 16.5. The molecule has 1 aliphatic heterocycles. The van der Waals surface area contributed by atoms with E-state index in [0.717, 1.165) is 22.4 Å². The van der Waals surface area contributed by atoms with Gasteiger partial charge in [0.2, 0.25) is 5.91 Å². The Labute approximate surface area is 198 Å². The third-order valence-corrected chi connectivity index (χ3v) is 6.04. The molecular formula is C26H29N3O5. The number of rotatable bonds is 7. The fourth-order valence-electron chi connectivity index (χ4n) is 4.19. The largest absolute Gasteiger partial charge is 0.494 e. The fraction of sp³-hybridized carbons (Fsp3) is 0.346. The van der Waals surface area contributed by atoms with Gasteiger partial charge in [-0.3, -0.25) is 9.59 Å². The van der Waals surface area contributed by atoms with Gasteiger partial charge in [0.15, 0.2) is 11.5 Å². The van der Waals surface area contributed by atoms with Crippen molar-refractivity contribution in [3.8, 4) is 28.5 Å². The highest BCUT2D eigenvalue weighted by molar-refractivity contribution is 5.80. The fourth-order valence-corrected chi connectivity index (χ4v) is 4.19. The zero-order chi connectivity index (χ0) is 24.2. The van der Waals surface area contributed by atoms with Gasteiger partial charge in [0, 0.05) is 24.7 Å². The van der Waals surface area contributed by atoms with Crippen molar-refractivity contribution in [2.24, 2.45) is 0 Å². The molecule has 2 aromatic carbocycles. The lowest BCUT2D eigenvalue weighted by molar-refractivity contribution is -0.135. The summed E-state index contributed by atoms with van der Waals surface area (Å²) in [6, 6.07) is 13.7. The van der Waals surface area contributed by atoms with E-state index in [1.807, 2.05) is 43.3 Å². The number of amides is 1. The van der Waals surface area contributed by atoms with E-state index in [-0.39, 0.29) is 11.5 Å². The zero-order valence-electron chi connectivity index (χ0n) is 19.9. The topological polar surface area (TPSA) is 82.9 Å². The van der Waals surface area contributed by atoms with E-state index in [1.54, 1.807) is 32.1 Å². The van der Waals surface area contributed by atoms with Crippen LogP contribution in [0.4, 0.5) is 0 Å². The van der Waals surface area contributed by atoms with Crippen LogP contribution in [0.2, 0.25) is 0 Å². The van der Waals surface area contributed by atoms with Gasteiger partial charge in [-0.2, -0.15) is 5.10 Å². The van der Waals surface area contributed by atoms with E-state index in [9.17, 15) is 9.59 Å². The molecule has 4 rings (SSSR count). The summed E-state index contributed by atoms with van der Waals surface area (Å²) in [6.45, 7) is 5.22. The van der Waals surface area contributed by atoms with Crippen molar-refractivity contribution >= 4 is 5.91 Å². The molecule has 0 fully saturated rings. The van der Waals surface area contributed by atoms with Gasteiger partial charge in [-0.1, -0.05) is 0 Å². The Morgan fingerprint density at radius 3 is 2.35 bits per heavy atom. The smallest absolute Gasteiger partial charge is 0.267 e. The summed E-state index contributed by atoms with van der Waals surface area (Å²) in [5.74, 6) is 1.92. The molecular weight excluding hydrogens is 434 g/mol. The van der Waals surface area contributed by atoms with E-state index in [2.05, 4.69) is 5.10 Å². The minimum Gasteiger partial charge on any atom is -0.494 e. The summed E-state index contributed by atoms with van der Waals surface area (Å²) in [7, 11) is 3.20. The lowest BCUT2D eigenvalue weighted by atomic mass is 9.98. The summed E-state index contributed by atoms with van der Waals surface area (Å²) < 4.78 is 17.6. The van der Waals surface area contributed by atoms with E-state index in [0.29, 0.717) is 43.3 Å². The van der Waals surface area contributed by atoms with E-state index in [1.165, 1.54) is 10.7 Å². The minimum absolute atomic E-state index is 0.154. The quantitative estimate of drug-likeness (QED) is 0.534. The number of hydrogen-bond acceptors (Lipinski definition) is 6. The van der Waals surface area contributed by atoms with Crippen LogP contribution in [0.1, 0.15) is 31.0 Å². The van der Waals surface area contributed by atoms with Gasteiger partial charge < -0.3 is 19.1 Å². The molecule has 0 N–H and O–H groups in total. The van der Waals surface area contributed by atoms with Crippen molar-refractivity contribution in [3.05, 3.63) is 70.0 Å². The zero-order valence-corrected chi connectivity index (χ0v) is 19.9. The first kappa shape index (κ1) is 23.4. The molecule has 2 heterocycles. The van der Waals surface area contributed by atoms with Gasteiger partial charge in [0.05, 0.1) is 26.5 Å². The van der Waals surface area contributed by atoms with Gasteiger partial charge in [0.25, 0.3) is 5.56 Å². The Morgan fingerprint density at radius 2 is 1.71 bits per heavy atom. The molecule has 1 amide bonds. The highest BCUT2D eigenvalue weighted by Crippen LogP contribution is 2.33. The third-order valence-electron chi connectivity index (χ3n) is 6.04. The molecule has 1 aliphatic rings. The maximum atomic E-state index is 13.4. The van der Waals surface area contributed by atoms with Crippen molar-refractivity contribution in [3.63, 3.8) is 0 Å². The van der Waals surface area contributed by atoms with Crippen LogP contribution in [0.5, 0.6) is 17.2 Å². The molecule has 8 heteroatoms. The number of nitrogens with zero attached hydrogens (tertiary/aromatic N) is 3. The predicted molar refractivity (Wildman–Crippen MR) is 128 cm³/mol. The molecule has 178 valence electrons. The second kappa shape index (κ2) is 9.99. The standard InChI is InChI=1S/C26H29N3O5/c1-5-34-21-8-6-18(7-9-21)22-10-11-25(30)29(27-22)17(2)26(31)28-13-12-19-14-23(32-3)24(33-4)15-20(19)16-28/h6-11,14-15,17H,5,12-13,16H2,1-4H3. The van der Waals surface area contributed by atoms with Crippen LogP contribution < -0.4 is 19.8 Å². The first-order chi connectivity index (χ1) is 16.4. The third kappa shape index (κ3) is 4.62. The van der Waals surface area contributed by atoms with E-state index < -0.39 is 6.04 Å². The van der Waals surface area contributed by atoms with Gasteiger partial charge >= 0.3 is 0 Å². The highest BCUT2D eigenvalue weighted by Gasteiger charge is 2.28. The molecule has 0 radical (unpaired) electrons. The van der Waals surface area contributed by atoms with Crippen LogP contribution in [0, 0.1) is 0 Å². The van der Waals surface area contributed by atoms with E-state index in [4.69, 9.17) is 14.2 Å². The Kier molecular flexibility index (Phi) is 6.86. The second-order valence-electron chi connectivity index (χ2n) is 8.12. The van der Waals surface area contributed by atoms with Crippen LogP contribution >= 0.6 is 0 Å². The van der Waals surface area contributed by atoms with Crippen molar-refractivity contribution in [1.82, 2.24) is 14.7 Å². The molecule has 1 atom stereocenters. The molecule has 0 aliphatic carbocycles. The number of ether oxygens (including phenoxy) is 3. The molecule has 0 saturated carbocycles. The van der Waals surface area contributed by atoms with Crippen LogP contribution in [0.3, 0.4) is 0 Å². The molecule has 1 unspecified atom stereocenters. The summed E-state index contributed by atoms with van der Waals surface area (Å²) in [5.41, 5.74) is 3.27. The first-order valence-corrected chi connectivity index (χ1v) is 11.3. The normalized spacial score (nSPS) is 13.7. The van der Waals surface area contributed by atoms with Crippen molar-refractivity contribution in [2.75, 3.05) is 27.4 Å². The number of methoxy groups -OCH3 is 2. The Balaban J connectivity index is 1.56. The summed E-state index contributed by atoms with van der Waals surface area (Å²) >= 11 is 0. The SMILES string of the molecule is CCOc1ccc(-c2ccc(=O)n(C(C)C(=O)N3CCc4cc(OC)c(OC)cc4C3)n2)cc1. The average molecular weight is 464 g/mol. The van der Waals surface area contributed by atoms with Gasteiger partial charge in [-0.25, -0.2) is 4.68 Å². The minimum atomic E-state index is -0.739. The predicted octanol–water partition coefficient (Wildman–Crippen LogP) is 3.47. The Bertz CT molecular complexity index is 1240. The van der Waals surface area contributed by atoms with Gasteiger partial charge in [-0.05, 0) is 73.9 Å². The molecule has 1 aromatic heterocycles. The average Bonchev–Trinajstić information content (AvgIpc) is 2.87. The van der Waals surface area contributed by atoms with Crippen LogP contribution in [0.15, 0.2) is 53.3 Å². The lowest BCUT2D eigenvalue weighted by Crippen LogP contribution is -2.42. The molecule has 34 heavy (non-hydrogen) atoms. The Hall–Kier alpha value is -3.81. The molecule has 0 spiro atoms. The summed E-state index contributed by atoms with van der Waals surface area (Å²) in [4.78, 5) is 27.7. The summed E-state index contributed by atoms with van der Waals surface area (Å²) in [6.07, 6.45) is 0.697. The summed E-state index contributed by atoms with van der Waals surface area (Å²) in [5, 5.41) is 4.51. The number of carbonyl (C=O) groups excluding carboxylic acids is 1. The van der Waals surface area contributed by atoms with Crippen molar-refractivity contribution in [2.45, 2.75) is 32.9 Å². The molecule has 8 nitrogen and oxygen atoms in total. The van der Waals surface area contributed by atoms with Crippen LogP contribution in [-0.4, -0.2) is 48.0 Å². The van der Waals surface area contributed by atoms with Gasteiger partial charge in [-0.15, -0.1) is 0 Å². The van der Waals surface area contributed by atoms with Crippen LogP contribution in [-0.2, 0) is 17.8 Å². The van der Waals surface area contributed by atoms with Crippen LogP contribution in [0.25, 0.3) is 11.3 Å². The molecule has 3 aromatic rings. The lowest BCUT2D eigenvalue weighted by Gasteiger charge is -2.31. The molecule has 0 bridgehead atoms. The number of benzene rings is 2. The number of fused-ring (bicyclic) bond motifs is 1.